The van der Waals surface area contributed by atoms with Gasteiger partial charge in [-0.3, -0.25) is 0 Å². The molecule has 6 heteroatoms. The standard InChI is InChI=1S/C15H16BrNO3S/c16-12-5-3-6-13(11-12)21(18,19)10-4-9-20-15-8-2-1-7-14(15)17/h1-3,5-8,11H,4,9-10,17H2. The van der Waals surface area contributed by atoms with Gasteiger partial charge in [-0.1, -0.05) is 34.1 Å². The third kappa shape index (κ3) is 4.47. The topological polar surface area (TPSA) is 69.4 Å². The molecule has 0 unspecified atom stereocenters. The average molecular weight is 370 g/mol. The van der Waals surface area contributed by atoms with E-state index in [1.165, 1.54) is 0 Å². The number of nitrogens with two attached hydrogens (primary N) is 1. The predicted octanol–water partition coefficient (Wildman–Crippen LogP) is 3.27. The van der Waals surface area contributed by atoms with E-state index in [-0.39, 0.29) is 5.75 Å². The lowest BCUT2D eigenvalue weighted by Gasteiger charge is -2.09. The molecule has 0 aliphatic rings. The molecule has 2 N–H and O–H groups in total. The largest absolute Gasteiger partial charge is 0.491 e. The summed E-state index contributed by atoms with van der Waals surface area (Å²) in [6.45, 7) is 0.307. The lowest BCUT2D eigenvalue weighted by molar-refractivity contribution is 0.319. The highest BCUT2D eigenvalue weighted by Gasteiger charge is 2.14. The van der Waals surface area contributed by atoms with Crippen LogP contribution >= 0.6 is 15.9 Å². The first-order valence-corrected chi connectivity index (χ1v) is 8.89. The molecule has 112 valence electrons. The lowest BCUT2D eigenvalue weighted by atomic mass is 10.3. The molecular weight excluding hydrogens is 354 g/mol. The average Bonchev–Trinajstić information content (AvgIpc) is 2.45. The van der Waals surface area contributed by atoms with Crippen LogP contribution in [0.25, 0.3) is 0 Å². The second-order valence-electron chi connectivity index (χ2n) is 4.52. The Kier molecular flexibility index (Phi) is 5.25. The number of para-hydroxylation sites is 2. The second-order valence-corrected chi connectivity index (χ2v) is 7.54. The Morgan fingerprint density at radius 3 is 2.57 bits per heavy atom. The summed E-state index contributed by atoms with van der Waals surface area (Å²) < 4.78 is 30.6. The molecule has 0 spiro atoms. The molecule has 0 heterocycles. The first kappa shape index (κ1) is 15.9. The summed E-state index contributed by atoms with van der Waals surface area (Å²) in [5.74, 6) is 0.619. The quantitative estimate of drug-likeness (QED) is 0.626. The number of rotatable bonds is 6. The van der Waals surface area contributed by atoms with Crippen molar-refractivity contribution in [1.82, 2.24) is 0 Å². The Morgan fingerprint density at radius 1 is 1.10 bits per heavy atom. The first-order valence-electron chi connectivity index (χ1n) is 6.45. The van der Waals surface area contributed by atoms with Crippen LogP contribution in [0.2, 0.25) is 0 Å². The van der Waals surface area contributed by atoms with E-state index in [2.05, 4.69) is 15.9 Å². The number of hydrogen-bond acceptors (Lipinski definition) is 4. The molecule has 0 bridgehead atoms. The van der Waals surface area contributed by atoms with Crippen LogP contribution in [-0.2, 0) is 9.84 Å². The van der Waals surface area contributed by atoms with E-state index in [0.717, 1.165) is 4.47 Å². The SMILES string of the molecule is Nc1ccccc1OCCCS(=O)(=O)c1cccc(Br)c1. The molecule has 0 aromatic heterocycles. The maximum atomic E-state index is 12.2. The van der Waals surface area contributed by atoms with Crippen molar-refractivity contribution in [2.45, 2.75) is 11.3 Å². The van der Waals surface area contributed by atoms with E-state index < -0.39 is 9.84 Å². The van der Waals surface area contributed by atoms with Gasteiger partial charge in [-0.05, 0) is 36.8 Å². The van der Waals surface area contributed by atoms with Crippen molar-refractivity contribution in [2.24, 2.45) is 0 Å². The minimum absolute atomic E-state index is 0.0379. The summed E-state index contributed by atoms with van der Waals surface area (Å²) in [7, 11) is -3.29. The van der Waals surface area contributed by atoms with Gasteiger partial charge in [0.1, 0.15) is 5.75 Å². The van der Waals surface area contributed by atoms with Gasteiger partial charge >= 0.3 is 0 Å². The van der Waals surface area contributed by atoms with Crippen LogP contribution in [0.4, 0.5) is 5.69 Å². The molecule has 2 aromatic carbocycles. The molecule has 0 saturated heterocycles. The van der Waals surface area contributed by atoms with Crippen molar-refractivity contribution in [3.05, 3.63) is 53.0 Å². The van der Waals surface area contributed by atoms with Gasteiger partial charge in [0.25, 0.3) is 0 Å². The molecule has 4 nitrogen and oxygen atoms in total. The molecule has 0 saturated carbocycles. The maximum absolute atomic E-state index is 12.2. The zero-order valence-electron chi connectivity index (χ0n) is 11.3. The summed E-state index contributed by atoms with van der Waals surface area (Å²) in [5.41, 5.74) is 6.30. The molecular formula is C15H16BrNO3S. The normalized spacial score (nSPS) is 11.3. The van der Waals surface area contributed by atoms with Crippen LogP contribution in [-0.4, -0.2) is 20.8 Å². The van der Waals surface area contributed by atoms with Crippen LogP contribution in [0, 0.1) is 0 Å². The predicted molar refractivity (Wildman–Crippen MR) is 87.2 cm³/mol. The van der Waals surface area contributed by atoms with Gasteiger partial charge in [-0.2, -0.15) is 0 Å². The lowest BCUT2D eigenvalue weighted by Crippen LogP contribution is -2.11. The fourth-order valence-corrected chi connectivity index (χ4v) is 3.70. The van der Waals surface area contributed by atoms with Crippen LogP contribution in [0.3, 0.4) is 0 Å². The van der Waals surface area contributed by atoms with Gasteiger partial charge in [-0.25, -0.2) is 8.42 Å². The Balaban J connectivity index is 1.90. The van der Waals surface area contributed by atoms with Gasteiger partial charge in [0, 0.05) is 4.47 Å². The number of nitrogen functional groups attached to an aromatic ring is 1. The van der Waals surface area contributed by atoms with Gasteiger partial charge in [0.15, 0.2) is 9.84 Å². The third-order valence-corrected chi connectivity index (χ3v) is 5.18. The van der Waals surface area contributed by atoms with Crippen molar-refractivity contribution >= 4 is 31.5 Å². The number of benzene rings is 2. The van der Waals surface area contributed by atoms with Crippen LogP contribution in [0.15, 0.2) is 57.9 Å². The van der Waals surface area contributed by atoms with Crippen molar-refractivity contribution < 1.29 is 13.2 Å². The highest BCUT2D eigenvalue weighted by atomic mass is 79.9. The number of halogens is 1. The number of hydrogen-bond donors (Lipinski definition) is 1. The van der Waals surface area contributed by atoms with Crippen molar-refractivity contribution in [2.75, 3.05) is 18.1 Å². The first-order chi connectivity index (χ1) is 9.99. The van der Waals surface area contributed by atoms with E-state index in [1.54, 1.807) is 36.4 Å². The third-order valence-electron chi connectivity index (χ3n) is 2.89. The Labute approximate surface area is 133 Å². The molecule has 2 rings (SSSR count). The summed E-state index contributed by atoms with van der Waals surface area (Å²) in [6.07, 6.45) is 0.406. The second kappa shape index (κ2) is 6.95. The van der Waals surface area contributed by atoms with Gasteiger partial charge in [0.05, 0.1) is 22.9 Å². The zero-order valence-corrected chi connectivity index (χ0v) is 13.7. The van der Waals surface area contributed by atoms with Crippen LogP contribution < -0.4 is 10.5 Å². The molecule has 0 aliphatic heterocycles. The smallest absolute Gasteiger partial charge is 0.178 e. The highest BCUT2D eigenvalue weighted by Crippen LogP contribution is 2.21. The van der Waals surface area contributed by atoms with Crippen LogP contribution in [0.5, 0.6) is 5.75 Å². The van der Waals surface area contributed by atoms with Crippen molar-refractivity contribution in [3.63, 3.8) is 0 Å². The molecule has 0 amide bonds. The molecule has 0 aliphatic carbocycles. The van der Waals surface area contributed by atoms with E-state index in [9.17, 15) is 8.42 Å². The fourth-order valence-electron chi connectivity index (χ4n) is 1.82. The molecule has 2 aromatic rings. The molecule has 0 radical (unpaired) electrons. The molecule has 21 heavy (non-hydrogen) atoms. The van der Waals surface area contributed by atoms with E-state index in [0.29, 0.717) is 29.4 Å². The van der Waals surface area contributed by atoms with Crippen molar-refractivity contribution in [1.29, 1.82) is 0 Å². The maximum Gasteiger partial charge on any atom is 0.178 e. The minimum Gasteiger partial charge on any atom is -0.491 e. The van der Waals surface area contributed by atoms with E-state index in [4.69, 9.17) is 10.5 Å². The Morgan fingerprint density at radius 2 is 1.86 bits per heavy atom. The number of sulfone groups is 1. The summed E-state index contributed by atoms with van der Waals surface area (Å²) in [4.78, 5) is 0.316. The summed E-state index contributed by atoms with van der Waals surface area (Å²) in [5, 5.41) is 0. The Hall–Kier alpha value is -1.53. The fraction of sp³-hybridized carbons (Fsp3) is 0.200. The highest BCUT2D eigenvalue weighted by molar-refractivity contribution is 9.10. The molecule has 0 fully saturated rings. The summed E-state index contributed by atoms with van der Waals surface area (Å²) >= 11 is 3.27. The minimum atomic E-state index is -3.29. The Bertz CT molecular complexity index is 716. The number of ether oxygens (including phenoxy) is 1. The van der Waals surface area contributed by atoms with Crippen LogP contribution in [0.1, 0.15) is 6.42 Å². The van der Waals surface area contributed by atoms with Gasteiger partial charge in [-0.15, -0.1) is 0 Å². The summed E-state index contributed by atoms with van der Waals surface area (Å²) in [6, 6.07) is 13.8. The van der Waals surface area contributed by atoms with Gasteiger partial charge < -0.3 is 10.5 Å². The number of anilines is 1. The van der Waals surface area contributed by atoms with Gasteiger partial charge in [0.2, 0.25) is 0 Å². The zero-order chi connectivity index (χ0) is 15.3. The van der Waals surface area contributed by atoms with E-state index in [1.807, 2.05) is 12.1 Å². The monoisotopic (exact) mass is 369 g/mol. The van der Waals surface area contributed by atoms with Crippen molar-refractivity contribution in [3.8, 4) is 5.75 Å². The molecule has 0 atom stereocenters. The van der Waals surface area contributed by atoms with E-state index >= 15 is 0 Å².